The number of rotatable bonds is 8. The highest BCUT2D eigenvalue weighted by atomic mass is 32.1. The maximum absolute atomic E-state index is 5.49. The lowest BCUT2D eigenvalue weighted by Crippen LogP contribution is -2.37. The highest BCUT2D eigenvalue weighted by Crippen LogP contribution is 2.11. The smallest absolute Gasteiger partial charge is 0.0926 e. The fraction of sp³-hybridized carbons (Fsp3) is 0.769. The maximum atomic E-state index is 5.49. The van der Waals surface area contributed by atoms with Crippen molar-refractivity contribution in [3.8, 4) is 0 Å². The number of thiazole rings is 1. The first-order chi connectivity index (χ1) is 8.17. The first-order valence-electron chi connectivity index (χ1n) is 6.41. The number of aryl methyl sites for hydroxylation is 1. The molecule has 0 spiro atoms. The third kappa shape index (κ3) is 5.15. The van der Waals surface area contributed by atoms with Crippen LogP contribution in [-0.2, 0) is 17.7 Å². The standard InChI is InChI=1S/C13H24N2OS/c1-5-13-15-11(9-17-13)7-14-12(10(3)4)8-16-6-2/h9-10,12,14H,5-8H2,1-4H3. The zero-order chi connectivity index (χ0) is 12.7. The molecule has 1 aromatic heterocycles. The van der Waals surface area contributed by atoms with Gasteiger partial charge in [0.05, 0.1) is 17.3 Å². The molecule has 3 nitrogen and oxygen atoms in total. The van der Waals surface area contributed by atoms with Gasteiger partial charge in [0.15, 0.2) is 0 Å². The molecule has 0 saturated heterocycles. The van der Waals surface area contributed by atoms with E-state index in [0.717, 1.165) is 31.9 Å². The Hall–Kier alpha value is -0.450. The van der Waals surface area contributed by atoms with E-state index in [-0.39, 0.29) is 0 Å². The van der Waals surface area contributed by atoms with Crippen molar-refractivity contribution in [3.63, 3.8) is 0 Å². The Morgan fingerprint density at radius 1 is 1.41 bits per heavy atom. The minimum Gasteiger partial charge on any atom is -0.380 e. The highest BCUT2D eigenvalue weighted by molar-refractivity contribution is 7.09. The summed E-state index contributed by atoms with van der Waals surface area (Å²) < 4.78 is 5.49. The zero-order valence-corrected chi connectivity index (χ0v) is 12.1. The average Bonchev–Trinajstić information content (AvgIpc) is 2.76. The van der Waals surface area contributed by atoms with E-state index in [2.05, 4.69) is 36.5 Å². The van der Waals surface area contributed by atoms with Crippen molar-refractivity contribution in [1.29, 1.82) is 0 Å². The van der Waals surface area contributed by atoms with E-state index >= 15 is 0 Å². The van der Waals surface area contributed by atoms with Crippen LogP contribution >= 0.6 is 11.3 Å². The van der Waals surface area contributed by atoms with Gasteiger partial charge in [-0.15, -0.1) is 11.3 Å². The summed E-state index contributed by atoms with van der Waals surface area (Å²) in [6.07, 6.45) is 1.03. The van der Waals surface area contributed by atoms with Gasteiger partial charge in [-0.25, -0.2) is 4.98 Å². The van der Waals surface area contributed by atoms with Gasteiger partial charge in [-0.3, -0.25) is 0 Å². The van der Waals surface area contributed by atoms with Crippen LogP contribution in [0.15, 0.2) is 5.38 Å². The second-order valence-corrected chi connectivity index (χ2v) is 5.42. The van der Waals surface area contributed by atoms with Gasteiger partial charge in [0.1, 0.15) is 0 Å². The number of ether oxygens (including phenoxy) is 1. The van der Waals surface area contributed by atoms with E-state index in [0.29, 0.717) is 12.0 Å². The van der Waals surface area contributed by atoms with Crippen LogP contribution in [0.3, 0.4) is 0 Å². The number of aromatic nitrogens is 1. The van der Waals surface area contributed by atoms with Gasteiger partial charge in [-0.05, 0) is 19.3 Å². The highest BCUT2D eigenvalue weighted by Gasteiger charge is 2.13. The molecular weight excluding hydrogens is 232 g/mol. The number of hydrogen-bond acceptors (Lipinski definition) is 4. The molecule has 1 N–H and O–H groups in total. The van der Waals surface area contributed by atoms with E-state index in [1.54, 1.807) is 11.3 Å². The third-order valence-electron chi connectivity index (χ3n) is 2.75. The number of nitrogens with one attached hydrogen (secondary N) is 1. The fourth-order valence-electron chi connectivity index (χ4n) is 1.56. The number of hydrogen-bond donors (Lipinski definition) is 1. The molecule has 98 valence electrons. The van der Waals surface area contributed by atoms with Gasteiger partial charge < -0.3 is 10.1 Å². The Labute approximate surface area is 109 Å². The Morgan fingerprint density at radius 2 is 2.18 bits per heavy atom. The zero-order valence-electron chi connectivity index (χ0n) is 11.3. The van der Waals surface area contributed by atoms with E-state index in [1.165, 1.54) is 5.01 Å². The van der Waals surface area contributed by atoms with Crippen LogP contribution in [-0.4, -0.2) is 24.2 Å². The van der Waals surface area contributed by atoms with Gasteiger partial charge in [0.2, 0.25) is 0 Å². The summed E-state index contributed by atoms with van der Waals surface area (Å²) in [5, 5.41) is 6.89. The molecule has 0 aliphatic rings. The van der Waals surface area contributed by atoms with Gasteiger partial charge >= 0.3 is 0 Å². The molecule has 0 aliphatic carbocycles. The first-order valence-corrected chi connectivity index (χ1v) is 7.29. The SMILES string of the molecule is CCOCC(NCc1csc(CC)n1)C(C)C. The average molecular weight is 256 g/mol. The van der Waals surface area contributed by atoms with Crippen molar-refractivity contribution < 1.29 is 4.74 Å². The summed E-state index contributed by atoms with van der Waals surface area (Å²) >= 11 is 1.75. The lowest BCUT2D eigenvalue weighted by atomic mass is 10.1. The molecule has 4 heteroatoms. The van der Waals surface area contributed by atoms with Crippen molar-refractivity contribution in [3.05, 3.63) is 16.1 Å². The van der Waals surface area contributed by atoms with Crippen LogP contribution in [0.2, 0.25) is 0 Å². The summed E-state index contributed by atoms with van der Waals surface area (Å²) in [6, 6.07) is 0.404. The minimum absolute atomic E-state index is 0.404. The van der Waals surface area contributed by atoms with E-state index in [4.69, 9.17) is 4.74 Å². The number of nitrogens with zero attached hydrogens (tertiary/aromatic N) is 1. The van der Waals surface area contributed by atoms with Gasteiger partial charge in [0.25, 0.3) is 0 Å². The van der Waals surface area contributed by atoms with Crippen molar-refractivity contribution in [2.45, 2.75) is 46.7 Å². The normalized spacial score (nSPS) is 13.2. The predicted molar refractivity (Wildman–Crippen MR) is 73.5 cm³/mol. The summed E-state index contributed by atoms with van der Waals surface area (Å²) in [5.74, 6) is 0.575. The Kier molecular flexibility index (Phi) is 6.70. The van der Waals surface area contributed by atoms with Gasteiger partial charge in [0, 0.05) is 24.6 Å². The lowest BCUT2D eigenvalue weighted by Gasteiger charge is -2.21. The molecule has 0 aromatic carbocycles. The van der Waals surface area contributed by atoms with Crippen LogP contribution < -0.4 is 5.32 Å². The summed E-state index contributed by atoms with van der Waals surface area (Å²) in [5.41, 5.74) is 1.15. The van der Waals surface area contributed by atoms with Crippen LogP contribution in [0, 0.1) is 5.92 Å². The van der Waals surface area contributed by atoms with Crippen molar-refractivity contribution >= 4 is 11.3 Å². The summed E-state index contributed by atoms with van der Waals surface area (Å²) in [7, 11) is 0. The molecule has 1 unspecified atom stereocenters. The Morgan fingerprint density at radius 3 is 2.71 bits per heavy atom. The molecular formula is C13H24N2OS. The van der Waals surface area contributed by atoms with E-state index in [1.807, 2.05) is 6.92 Å². The van der Waals surface area contributed by atoms with Crippen molar-refractivity contribution in [1.82, 2.24) is 10.3 Å². The molecule has 0 bridgehead atoms. The van der Waals surface area contributed by atoms with Gasteiger partial charge in [-0.1, -0.05) is 20.8 Å². The molecule has 1 aromatic rings. The molecule has 0 aliphatic heterocycles. The molecule has 1 atom stereocenters. The monoisotopic (exact) mass is 256 g/mol. The molecule has 0 radical (unpaired) electrons. The molecule has 0 saturated carbocycles. The summed E-state index contributed by atoms with van der Waals surface area (Å²) in [4.78, 5) is 4.56. The Balaban J connectivity index is 2.40. The van der Waals surface area contributed by atoms with Crippen LogP contribution in [0.5, 0.6) is 0 Å². The van der Waals surface area contributed by atoms with Crippen LogP contribution in [0.1, 0.15) is 38.4 Å². The van der Waals surface area contributed by atoms with Crippen LogP contribution in [0.4, 0.5) is 0 Å². The molecule has 1 rings (SSSR count). The largest absolute Gasteiger partial charge is 0.380 e. The minimum atomic E-state index is 0.404. The molecule has 0 fully saturated rings. The van der Waals surface area contributed by atoms with Crippen LogP contribution in [0.25, 0.3) is 0 Å². The third-order valence-corrected chi connectivity index (χ3v) is 3.80. The second-order valence-electron chi connectivity index (χ2n) is 4.48. The topological polar surface area (TPSA) is 34.1 Å². The second kappa shape index (κ2) is 7.80. The van der Waals surface area contributed by atoms with Crippen molar-refractivity contribution in [2.24, 2.45) is 5.92 Å². The van der Waals surface area contributed by atoms with E-state index < -0.39 is 0 Å². The molecule has 17 heavy (non-hydrogen) atoms. The Bertz CT molecular complexity index is 312. The first kappa shape index (κ1) is 14.6. The maximum Gasteiger partial charge on any atom is 0.0926 e. The molecule has 1 heterocycles. The summed E-state index contributed by atoms with van der Waals surface area (Å²) in [6.45, 7) is 11.0. The predicted octanol–water partition coefficient (Wildman–Crippen LogP) is 2.86. The van der Waals surface area contributed by atoms with Crippen molar-refractivity contribution in [2.75, 3.05) is 13.2 Å². The van der Waals surface area contributed by atoms with E-state index in [9.17, 15) is 0 Å². The lowest BCUT2D eigenvalue weighted by molar-refractivity contribution is 0.107. The molecule has 0 amide bonds. The fourth-order valence-corrected chi connectivity index (χ4v) is 2.30. The van der Waals surface area contributed by atoms with Gasteiger partial charge in [-0.2, -0.15) is 0 Å². The quantitative estimate of drug-likeness (QED) is 0.776.